The Morgan fingerprint density at radius 1 is 1.05 bits per heavy atom. The quantitative estimate of drug-likeness (QED) is 0.336. The maximum absolute atomic E-state index is 12.2. The van der Waals surface area contributed by atoms with Gasteiger partial charge in [-0.25, -0.2) is 4.98 Å². The topological polar surface area (TPSA) is 113 Å². The van der Waals surface area contributed by atoms with Gasteiger partial charge in [-0.05, 0) is 62.1 Å². The number of fused-ring (bicyclic) bond motifs is 1. The Kier molecular flexibility index (Phi) is 7.06. The van der Waals surface area contributed by atoms with Gasteiger partial charge in [-0.1, -0.05) is 42.3 Å². The molecule has 6 rings (SSSR count). The highest BCUT2D eigenvalue weighted by Crippen LogP contribution is 2.39. The van der Waals surface area contributed by atoms with Crippen molar-refractivity contribution in [2.45, 2.75) is 38.6 Å². The molecule has 4 heterocycles. The molecule has 2 aliphatic rings. The number of imidazole rings is 1. The minimum Gasteiger partial charge on any atom is -0.394 e. The maximum Gasteiger partial charge on any atom is 0.229 e. The van der Waals surface area contributed by atoms with Crippen LogP contribution in [0, 0.1) is 5.41 Å². The molecule has 2 aliphatic heterocycles. The summed E-state index contributed by atoms with van der Waals surface area (Å²) >= 11 is 12.9. The Hall–Kier alpha value is -3.40. The number of aromatic nitrogens is 4. The van der Waals surface area contributed by atoms with E-state index in [1.165, 1.54) is 0 Å². The van der Waals surface area contributed by atoms with Crippen LogP contribution >= 0.6 is 23.2 Å². The number of aliphatic hydroxyl groups is 1. The number of carbonyl (C=O) groups excluding carboxylic acids is 1. The number of nitrogens with two attached hydrogens (primary N) is 1. The molecule has 4 aromatic rings. The van der Waals surface area contributed by atoms with Crippen LogP contribution in [0.2, 0.25) is 10.0 Å². The van der Waals surface area contributed by atoms with E-state index in [0.717, 1.165) is 30.6 Å². The molecular formula is C29H31Cl2N7O2. The Bertz CT molecular complexity index is 1560. The summed E-state index contributed by atoms with van der Waals surface area (Å²) < 4.78 is 1.99. The van der Waals surface area contributed by atoms with Gasteiger partial charge in [-0.3, -0.25) is 9.36 Å². The highest BCUT2D eigenvalue weighted by molar-refractivity contribution is 6.33. The molecule has 3 N–H and O–H groups in total. The molecule has 1 amide bonds. The van der Waals surface area contributed by atoms with Crippen LogP contribution in [0.25, 0.3) is 28.2 Å². The number of aliphatic hydroxyl groups excluding tert-OH is 1. The third-order valence-corrected chi connectivity index (χ3v) is 8.86. The summed E-state index contributed by atoms with van der Waals surface area (Å²) in [6, 6.07) is 15.1. The summed E-state index contributed by atoms with van der Waals surface area (Å²) in [5.41, 5.74) is 8.04. The van der Waals surface area contributed by atoms with Gasteiger partial charge < -0.3 is 20.6 Å². The fourth-order valence-corrected chi connectivity index (χ4v) is 6.03. The van der Waals surface area contributed by atoms with Crippen molar-refractivity contribution in [1.82, 2.24) is 19.5 Å². The number of anilines is 2. The van der Waals surface area contributed by atoms with E-state index in [9.17, 15) is 9.90 Å². The van der Waals surface area contributed by atoms with Crippen molar-refractivity contribution >= 4 is 52.0 Å². The number of hydrogen-bond acceptors (Lipinski definition) is 7. The van der Waals surface area contributed by atoms with Crippen molar-refractivity contribution in [3.8, 4) is 17.1 Å². The van der Waals surface area contributed by atoms with E-state index in [1.807, 2.05) is 60.0 Å². The van der Waals surface area contributed by atoms with Crippen molar-refractivity contribution < 1.29 is 9.90 Å². The average Bonchev–Trinajstić information content (AvgIpc) is 3.59. The molecule has 9 nitrogen and oxygen atoms in total. The number of rotatable bonds is 6. The average molecular weight is 581 g/mol. The van der Waals surface area contributed by atoms with Gasteiger partial charge >= 0.3 is 0 Å². The normalized spacial score (nSPS) is 18.9. The summed E-state index contributed by atoms with van der Waals surface area (Å²) in [6.07, 6.45) is 3.04. The smallest absolute Gasteiger partial charge is 0.229 e. The number of hydrogen-bond donors (Lipinski definition) is 2. The van der Waals surface area contributed by atoms with E-state index >= 15 is 0 Å². The largest absolute Gasteiger partial charge is 0.394 e. The molecule has 40 heavy (non-hydrogen) atoms. The first kappa shape index (κ1) is 26.8. The standard InChI is InChI=1S/C29H31Cl2N7O2/c1-29(27(32)40)12-15-36(16-13-29)25-23-26(35-28(34-25)37-14-4-5-20(37)17-39)38(19-10-8-18(30)9-11-19)24(33-23)21-6-2-3-7-22(21)31/h2-3,6-11,20,39H,4-5,12-17H2,1H3,(H2,32,40)/t20-/m0/s1. The molecule has 0 saturated carbocycles. The van der Waals surface area contributed by atoms with Crippen molar-refractivity contribution in [3.05, 3.63) is 58.6 Å². The van der Waals surface area contributed by atoms with E-state index in [4.69, 9.17) is 43.9 Å². The lowest BCUT2D eigenvalue weighted by molar-refractivity contribution is -0.127. The molecule has 2 fully saturated rings. The predicted molar refractivity (Wildman–Crippen MR) is 158 cm³/mol. The van der Waals surface area contributed by atoms with Gasteiger partial charge in [-0.2, -0.15) is 9.97 Å². The van der Waals surface area contributed by atoms with Gasteiger partial charge in [-0.15, -0.1) is 0 Å². The van der Waals surface area contributed by atoms with Gasteiger partial charge in [0.15, 0.2) is 17.0 Å². The second-order valence-corrected chi connectivity index (χ2v) is 11.7. The highest BCUT2D eigenvalue weighted by Gasteiger charge is 2.37. The lowest BCUT2D eigenvalue weighted by Crippen LogP contribution is -2.46. The number of primary amides is 1. The molecule has 0 unspecified atom stereocenters. The van der Waals surface area contributed by atoms with Crippen LogP contribution in [-0.4, -0.2) is 62.8 Å². The first-order valence-corrected chi connectivity index (χ1v) is 14.3. The van der Waals surface area contributed by atoms with Gasteiger partial charge in [0, 0.05) is 41.3 Å². The molecule has 0 bridgehead atoms. The third-order valence-electron chi connectivity index (χ3n) is 8.28. The van der Waals surface area contributed by atoms with E-state index in [0.29, 0.717) is 64.7 Å². The van der Waals surface area contributed by atoms with E-state index in [1.54, 1.807) is 0 Å². The Balaban J connectivity index is 1.60. The molecule has 2 aromatic heterocycles. The monoisotopic (exact) mass is 579 g/mol. The zero-order valence-electron chi connectivity index (χ0n) is 22.2. The van der Waals surface area contributed by atoms with Crippen LogP contribution in [0.4, 0.5) is 11.8 Å². The van der Waals surface area contributed by atoms with E-state index < -0.39 is 5.41 Å². The van der Waals surface area contributed by atoms with Gasteiger partial charge in [0.25, 0.3) is 0 Å². The fourth-order valence-electron chi connectivity index (χ4n) is 5.69. The minimum atomic E-state index is -0.562. The predicted octanol–water partition coefficient (Wildman–Crippen LogP) is 4.84. The van der Waals surface area contributed by atoms with Crippen LogP contribution in [0.3, 0.4) is 0 Å². The van der Waals surface area contributed by atoms with E-state index in [-0.39, 0.29) is 18.6 Å². The molecular weight excluding hydrogens is 549 g/mol. The molecule has 2 aromatic carbocycles. The van der Waals surface area contributed by atoms with Crippen LogP contribution in [-0.2, 0) is 4.79 Å². The van der Waals surface area contributed by atoms with Crippen molar-refractivity contribution in [3.63, 3.8) is 0 Å². The Morgan fingerprint density at radius 3 is 2.45 bits per heavy atom. The number of nitrogens with zero attached hydrogens (tertiary/aromatic N) is 6. The number of piperidine rings is 1. The Labute approximate surface area is 242 Å². The van der Waals surface area contributed by atoms with Crippen molar-refractivity contribution in [2.75, 3.05) is 36.0 Å². The fraction of sp³-hybridized carbons (Fsp3) is 0.379. The number of benzene rings is 2. The molecule has 11 heteroatoms. The van der Waals surface area contributed by atoms with Crippen LogP contribution in [0.1, 0.15) is 32.6 Å². The number of carbonyl (C=O) groups is 1. The highest BCUT2D eigenvalue weighted by atomic mass is 35.5. The zero-order valence-corrected chi connectivity index (χ0v) is 23.7. The summed E-state index contributed by atoms with van der Waals surface area (Å²) in [4.78, 5) is 31.6. The second kappa shape index (κ2) is 10.5. The number of amides is 1. The van der Waals surface area contributed by atoms with Gasteiger partial charge in [0.2, 0.25) is 11.9 Å². The molecule has 1 atom stereocenters. The Morgan fingerprint density at radius 2 is 1.77 bits per heavy atom. The second-order valence-electron chi connectivity index (χ2n) is 10.8. The van der Waals surface area contributed by atoms with Crippen LogP contribution in [0.15, 0.2) is 48.5 Å². The van der Waals surface area contributed by atoms with Crippen molar-refractivity contribution in [2.24, 2.45) is 11.1 Å². The van der Waals surface area contributed by atoms with Crippen molar-refractivity contribution in [1.29, 1.82) is 0 Å². The zero-order chi connectivity index (χ0) is 28.0. The molecule has 0 spiro atoms. The van der Waals surface area contributed by atoms with Crippen LogP contribution in [0.5, 0.6) is 0 Å². The van der Waals surface area contributed by atoms with Gasteiger partial charge in [0.1, 0.15) is 5.82 Å². The minimum absolute atomic E-state index is 0.0265. The molecule has 2 saturated heterocycles. The van der Waals surface area contributed by atoms with Gasteiger partial charge in [0.05, 0.1) is 17.7 Å². The first-order valence-electron chi connectivity index (χ1n) is 13.5. The summed E-state index contributed by atoms with van der Waals surface area (Å²) in [7, 11) is 0. The third kappa shape index (κ3) is 4.66. The first-order chi connectivity index (χ1) is 19.3. The van der Waals surface area contributed by atoms with E-state index in [2.05, 4.69) is 9.80 Å². The lowest BCUT2D eigenvalue weighted by atomic mass is 9.80. The molecule has 208 valence electrons. The summed E-state index contributed by atoms with van der Waals surface area (Å²) in [5, 5.41) is 11.3. The summed E-state index contributed by atoms with van der Waals surface area (Å²) in [5.74, 6) is 1.59. The number of halogens is 2. The lowest BCUT2D eigenvalue weighted by Gasteiger charge is -2.38. The van der Waals surface area contributed by atoms with Crippen LogP contribution < -0.4 is 15.5 Å². The SMILES string of the molecule is CC1(C(N)=O)CCN(c2nc(N3CCC[C@H]3CO)nc3c2nc(-c2ccccc2Cl)n3-c2ccc(Cl)cc2)CC1. The maximum atomic E-state index is 12.2. The summed E-state index contributed by atoms with van der Waals surface area (Å²) in [6.45, 7) is 3.91. The molecule has 0 radical (unpaired) electrons. The molecule has 0 aliphatic carbocycles.